The number of amides is 1. The molecule has 5 nitrogen and oxygen atoms in total. The van der Waals surface area contributed by atoms with E-state index in [1.807, 2.05) is 60.7 Å². The van der Waals surface area contributed by atoms with Gasteiger partial charge in [0.15, 0.2) is 0 Å². The molecule has 34 heavy (non-hydrogen) atoms. The highest BCUT2D eigenvalue weighted by molar-refractivity contribution is 6.46. The summed E-state index contributed by atoms with van der Waals surface area (Å²) in [4.78, 5) is 28.0. The van der Waals surface area contributed by atoms with Crippen LogP contribution in [-0.2, 0) is 16.1 Å². The topological polar surface area (TPSA) is 70.8 Å². The quantitative estimate of drug-likeness (QED) is 0.223. The van der Waals surface area contributed by atoms with Gasteiger partial charge in [0.2, 0.25) is 0 Å². The standard InChI is InChI=1S/C29H25NO4/c1-18(2)19-12-14-21(15-13-19)26-25(28(32)29(33)30(26)17-22-9-6-16-34-22)27(31)24-11-5-8-20-7-3-4-10-23(20)24/h3-16,18,26,31H,17H2,1-2H3/b27-25-. The molecule has 0 radical (unpaired) electrons. The van der Waals surface area contributed by atoms with Gasteiger partial charge < -0.3 is 14.4 Å². The van der Waals surface area contributed by atoms with Crippen molar-refractivity contribution in [3.05, 3.63) is 113 Å². The van der Waals surface area contributed by atoms with E-state index < -0.39 is 17.7 Å². The fourth-order valence-electron chi connectivity index (χ4n) is 4.60. The summed E-state index contributed by atoms with van der Waals surface area (Å²) >= 11 is 0. The van der Waals surface area contributed by atoms with Crippen LogP contribution in [0.4, 0.5) is 0 Å². The highest BCUT2D eigenvalue weighted by Gasteiger charge is 2.46. The van der Waals surface area contributed by atoms with E-state index in [1.165, 1.54) is 11.2 Å². The van der Waals surface area contributed by atoms with E-state index in [9.17, 15) is 14.7 Å². The summed E-state index contributed by atoms with van der Waals surface area (Å²) in [5.74, 6) is -0.615. The Morgan fingerprint density at radius 2 is 1.68 bits per heavy atom. The Labute approximate surface area is 197 Å². The highest BCUT2D eigenvalue weighted by Crippen LogP contribution is 2.41. The largest absolute Gasteiger partial charge is 0.507 e. The van der Waals surface area contributed by atoms with Crippen LogP contribution in [-0.4, -0.2) is 21.7 Å². The Bertz CT molecular complexity index is 1390. The van der Waals surface area contributed by atoms with Crippen LogP contribution >= 0.6 is 0 Å². The van der Waals surface area contributed by atoms with E-state index in [-0.39, 0.29) is 17.9 Å². The molecule has 0 spiro atoms. The molecule has 1 aliphatic rings. The molecule has 5 rings (SSSR count). The van der Waals surface area contributed by atoms with E-state index in [2.05, 4.69) is 13.8 Å². The summed E-state index contributed by atoms with van der Waals surface area (Å²) in [6, 6.07) is 23.9. The minimum atomic E-state index is -0.731. The molecule has 0 saturated carbocycles. The molecule has 170 valence electrons. The van der Waals surface area contributed by atoms with Crippen LogP contribution in [0.3, 0.4) is 0 Å². The first-order chi connectivity index (χ1) is 16.5. The maximum atomic E-state index is 13.3. The fraction of sp³-hybridized carbons (Fsp3) is 0.172. The third-order valence-corrected chi connectivity index (χ3v) is 6.41. The Kier molecular flexibility index (Phi) is 5.54. The van der Waals surface area contributed by atoms with Crippen LogP contribution in [0.2, 0.25) is 0 Å². The number of furan rings is 1. The molecule has 5 heteroatoms. The summed E-state index contributed by atoms with van der Waals surface area (Å²) in [6.45, 7) is 4.34. The molecule has 1 N–H and O–H groups in total. The molecule has 1 saturated heterocycles. The van der Waals surface area contributed by atoms with Crippen molar-refractivity contribution in [3.63, 3.8) is 0 Å². The number of benzene rings is 3. The van der Waals surface area contributed by atoms with Gasteiger partial charge in [0.25, 0.3) is 11.7 Å². The van der Waals surface area contributed by atoms with Crippen molar-refractivity contribution >= 4 is 28.2 Å². The van der Waals surface area contributed by atoms with Gasteiger partial charge in [-0.3, -0.25) is 9.59 Å². The van der Waals surface area contributed by atoms with Crippen molar-refractivity contribution in [1.82, 2.24) is 4.90 Å². The molecule has 4 aromatic rings. The molecular formula is C29H25NO4. The first-order valence-electron chi connectivity index (χ1n) is 11.3. The zero-order chi connectivity index (χ0) is 23.8. The van der Waals surface area contributed by atoms with E-state index in [4.69, 9.17) is 4.42 Å². The molecule has 0 bridgehead atoms. The monoisotopic (exact) mass is 451 g/mol. The number of ketones is 1. The summed E-state index contributed by atoms with van der Waals surface area (Å²) in [6.07, 6.45) is 1.54. The third kappa shape index (κ3) is 3.69. The predicted octanol–water partition coefficient (Wildman–Crippen LogP) is 6.18. The van der Waals surface area contributed by atoms with Crippen LogP contribution in [0.1, 0.15) is 48.3 Å². The van der Waals surface area contributed by atoms with Gasteiger partial charge in [0.1, 0.15) is 11.5 Å². The van der Waals surface area contributed by atoms with Crippen molar-refractivity contribution in [2.24, 2.45) is 0 Å². The molecule has 1 atom stereocenters. The van der Waals surface area contributed by atoms with Crippen LogP contribution in [0, 0.1) is 0 Å². The molecule has 1 fully saturated rings. The van der Waals surface area contributed by atoms with Gasteiger partial charge in [-0.2, -0.15) is 0 Å². The predicted molar refractivity (Wildman–Crippen MR) is 131 cm³/mol. The van der Waals surface area contributed by atoms with E-state index in [0.717, 1.165) is 21.9 Å². The Morgan fingerprint density at radius 1 is 0.941 bits per heavy atom. The molecule has 1 unspecified atom stereocenters. The third-order valence-electron chi connectivity index (χ3n) is 6.41. The summed E-state index contributed by atoms with van der Waals surface area (Å²) in [7, 11) is 0. The molecule has 1 aromatic heterocycles. The number of likely N-dealkylation sites (tertiary alicyclic amines) is 1. The van der Waals surface area contributed by atoms with Gasteiger partial charge in [-0.05, 0) is 39.9 Å². The number of hydrogen-bond donors (Lipinski definition) is 1. The first-order valence-corrected chi connectivity index (χ1v) is 11.3. The van der Waals surface area contributed by atoms with E-state index in [1.54, 1.807) is 18.2 Å². The van der Waals surface area contributed by atoms with Gasteiger partial charge in [-0.15, -0.1) is 0 Å². The van der Waals surface area contributed by atoms with Crippen LogP contribution in [0.5, 0.6) is 0 Å². The maximum absolute atomic E-state index is 13.3. The average molecular weight is 452 g/mol. The second-order valence-electron chi connectivity index (χ2n) is 8.85. The lowest BCUT2D eigenvalue weighted by Crippen LogP contribution is -2.29. The second-order valence-corrected chi connectivity index (χ2v) is 8.85. The van der Waals surface area contributed by atoms with Gasteiger partial charge >= 0.3 is 0 Å². The van der Waals surface area contributed by atoms with Gasteiger partial charge in [0.05, 0.1) is 24.4 Å². The number of fused-ring (bicyclic) bond motifs is 1. The van der Waals surface area contributed by atoms with Gasteiger partial charge in [0, 0.05) is 5.56 Å². The Morgan fingerprint density at radius 3 is 2.38 bits per heavy atom. The van der Waals surface area contributed by atoms with E-state index in [0.29, 0.717) is 17.2 Å². The molecule has 3 aromatic carbocycles. The number of carbonyl (C=O) groups excluding carboxylic acids is 2. The zero-order valence-corrected chi connectivity index (χ0v) is 19.1. The van der Waals surface area contributed by atoms with E-state index >= 15 is 0 Å². The number of carbonyl (C=O) groups is 2. The number of hydrogen-bond acceptors (Lipinski definition) is 4. The highest BCUT2D eigenvalue weighted by atomic mass is 16.3. The maximum Gasteiger partial charge on any atom is 0.296 e. The number of rotatable bonds is 5. The molecule has 1 aliphatic heterocycles. The van der Waals surface area contributed by atoms with Crippen molar-refractivity contribution in [1.29, 1.82) is 0 Å². The summed E-state index contributed by atoms with van der Waals surface area (Å²) in [5.41, 5.74) is 2.53. The lowest BCUT2D eigenvalue weighted by molar-refractivity contribution is -0.140. The summed E-state index contributed by atoms with van der Waals surface area (Å²) < 4.78 is 5.47. The second kappa shape index (κ2) is 8.67. The number of Topliss-reactive ketones (excluding diaryl/α,β-unsaturated/α-hetero) is 1. The Balaban J connectivity index is 1.70. The first kappa shape index (κ1) is 21.7. The summed E-state index contributed by atoms with van der Waals surface area (Å²) in [5, 5.41) is 13.2. The van der Waals surface area contributed by atoms with Crippen LogP contribution < -0.4 is 0 Å². The molecule has 0 aliphatic carbocycles. The average Bonchev–Trinajstić information content (AvgIpc) is 3.46. The SMILES string of the molecule is CC(C)c1ccc(C2/C(=C(/O)c3cccc4ccccc34)C(=O)C(=O)N2Cc2ccco2)cc1. The normalized spacial score (nSPS) is 17.7. The number of aliphatic hydroxyl groups excluding tert-OH is 1. The number of aliphatic hydroxyl groups is 1. The van der Waals surface area contributed by atoms with Crippen molar-refractivity contribution < 1.29 is 19.1 Å². The molecule has 2 heterocycles. The molecule has 1 amide bonds. The lowest BCUT2D eigenvalue weighted by Gasteiger charge is -2.25. The van der Waals surface area contributed by atoms with Gasteiger partial charge in [-0.25, -0.2) is 0 Å². The Hall–Kier alpha value is -4.12. The van der Waals surface area contributed by atoms with Crippen molar-refractivity contribution in [3.8, 4) is 0 Å². The molecular weight excluding hydrogens is 426 g/mol. The van der Waals surface area contributed by atoms with Crippen LogP contribution in [0.15, 0.2) is 95.1 Å². The minimum Gasteiger partial charge on any atom is -0.507 e. The fourth-order valence-corrected chi connectivity index (χ4v) is 4.60. The van der Waals surface area contributed by atoms with Crippen LogP contribution in [0.25, 0.3) is 16.5 Å². The smallest absolute Gasteiger partial charge is 0.296 e. The van der Waals surface area contributed by atoms with Crippen molar-refractivity contribution in [2.75, 3.05) is 0 Å². The van der Waals surface area contributed by atoms with Crippen molar-refractivity contribution in [2.45, 2.75) is 32.4 Å². The zero-order valence-electron chi connectivity index (χ0n) is 19.1. The minimum absolute atomic E-state index is 0.0882. The number of nitrogens with zero attached hydrogens (tertiary/aromatic N) is 1. The van der Waals surface area contributed by atoms with Gasteiger partial charge in [-0.1, -0.05) is 80.6 Å². The lowest BCUT2D eigenvalue weighted by atomic mass is 9.92.